The minimum Gasteiger partial charge on any atom is -0.381 e. The highest BCUT2D eigenvalue weighted by Gasteiger charge is 2.36. The Bertz CT molecular complexity index is 664. The van der Waals surface area contributed by atoms with Crippen LogP contribution in [0.25, 0.3) is 0 Å². The van der Waals surface area contributed by atoms with Crippen LogP contribution in [0.2, 0.25) is 5.02 Å². The summed E-state index contributed by atoms with van der Waals surface area (Å²) in [6.07, 6.45) is 1.36. The molecule has 3 nitrogen and oxygen atoms in total. The van der Waals surface area contributed by atoms with Crippen LogP contribution in [0.3, 0.4) is 0 Å². The molecule has 1 amide bonds. The zero-order valence-electron chi connectivity index (χ0n) is 12.5. The number of nitrogens with one attached hydrogen (secondary N) is 1. The van der Waals surface area contributed by atoms with E-state index in [4.69, 9.17) is 16.3 Å². The van der Waals surface area contributed by atoms with E-state index in [1.807, 2.05) is 17.5 Å². The molecule has 3 rings (SSSR count). The SMILES string of the molecule is O=C(Cc1c(F)cccc1Cl)NC1(c2cccs2)CCOCC1. The van der Waals surface area contributed by atoms with Crippen molar-refractivity contribution in [3.05, 3.63) is 57.0 Å². The molecule has 0 spiro atoms. The van der Waals surface area contributed by atoms with Crippen molar-refractivity contribution in [3.63, 3.8) is 0 Å². The van der Waals surface area contributed by atoms with Crippen LogP contribution in [0, 0.1) is 5.82 Å². The van der Waals surface area contributed by atoms with Gasteiger partial charge in [0, 0.05) is 28.7 Å². The Morgan fingerprint density at radius 2 is 2.09 bits per heavy atom. The molecular formula is C17H17ClFNO2S. The molecule has 1 aromatic heterocycles. The second-order valence-corrected chi connectivity index (χ2v) is 6.95. The van der Waals surface area contributed by atoms with Crippen molar-refractivity contribution in [2.75, 3.05) is 13.2 Å². The lowest BCUT2D eigenvalue weighted by Gasteiger charge is -2.37. The number of ether oxygens (including phenoxy) is 1. The van der Waals surface area contributed by atoms with Gasteiger partial charge < -0.3 is 10.1 Å². The summed E-state index contributed by atoms with van der Waals surface area (Å²) in [5.41, 5.74) is -0.193. The number of carbonyl (C=O) groups is 1. The Morgan fingerprint density at radius 1 is 1.30 bits per heavy atom. The molecule has 23 heavy (non-hydrogen) atoms. The molecular weight excluding hydrogens is 337 g/mol. The summed E-state index contributed by atoms with van der Waals surface area (Å²) in [6, 6.07) is 8.43. The molecule has 0 saturated carbocycles. The zero-order valence-corrected chi connectivity index (χ0v) is 14.1. The fourth-order valence-electron chi connectivity index (χ4n) is 2.88. The van der Waals surface area contributed by atoms with Crippen LogP contribution in [0.1, 0.15) is 23.3 Å². The Morgan fingerprint density at radius 3 is 2.74 bits per heavy atom. The molecule has 1 N–H and O–H groups in total. The van der Waals surface area contributed by atoms with Crippen LogP contribution >= 0.6 is 22.9 Å². The van der Waals surface area contributed by atoms with E-state index in [2.05, 4.69) is 5.32 Å². The van der Waals surface area contributed by atoms with Gasteiger partial charge in [-0.3, -0.25) is 4.79 Å². The van der Waals surface area contributed by atoms with Gasteiger partial charge >= 0.3 is 0 Å². The van der Waals surface area contributed by atoms with Crippen molar-refractivity contribution in [2.24, 2.45) is 0 Å². The van der Waals surface area contributed by atoms with E-state index >= 15 is 0 Å². The molecule has 2 heterocycles. The molecule has 2 aromatic rings. The Hall–Kier alpha value is -1.43. The number of hydrogen-bond donors (Lipinski definition) is 1. The third kappa shape index (κ3) is 3.57. The number of carbonyl (C=O) groups excluding carboxylic acids is 1. The number of amides is 1. The lowest BCUT2D eigenvalue weighted by atomic mass is 9.88. The number of thiophene rings is 1. The first-order valence-corrected chi connectivity index (χ1v) is 8.72. The van der Waals surface area contributed by atoms with Gasteiger partial charge in [0.05, 0.1) is 12.0 Å². The minimum absolute atomic E-state index is 0.0700. The highest BCUT2D eigenvalue weighted by atomic mass is 35.5. The van der Waals surface area contributed by atoms with Gasteiger partial charge in [0.1, 0.15) is 5.82 Å². The number of hydrogen-bond acceptors (Lipinski definition) is 3. The summed E-state index contributed by atoms with van der Waals surface area (Å²) < 4.78 is 19.3. The second-order valence-electron chi connectivity index (χ2n) is 5.60. The van der Waals surface area contributed by atoms with Crippen LogP contribution in [-0.4, -0.2) is 19.1 Å². The largest absolute Gasteiger partial charge is 0.381 e. The molecule has 1 saturated heterocycles. The van der Waals surface area contributed by atoms with Gasteiger partial charge in [0.2, 0.25) is 5.91 Å². The number of rotatable bonds is 4. The van der Waals surface area contributed by atoms with Crippen LogP contribution in [0.15, 0.2) is 35.7 Å². The van der Waals surface area contributed by atoms with Crippen LogP contribution in [0.5, 0.6) is 0 Å². The maximum absolute atomic E-state index is 13.9. The van der Waals surface area contributed by atoms with E-state index in [-0.39, 0.29) is 22.9 Å². The zero-order chi connectivity index (χ0) is 16.3. The second kappa shape index (κ2) is 6.99. The van der Waals surface area contributed by atoms with Crippen LogP contribution in [0.4, 0.5) is 4.39 Å². The van der Waals surface area contributed by atoms with E-state index in [0.717, 1.165) is 4.88 Å². The summed E-state index contributed by atoms with van der Waals surface area (Å²) in [5.74, 6) is -0.683. The van der Waals surface area contributed by atoms with Gasteiger partial charge in [-0.05, 0) is 36.4 Å². The van der Waals surface area contributed by atoms with Gasteiger partial charge in [0.25, 0.3) is 0 Å². The minimum atomic E-state index is -0.454. The van der Waals surface area contributed by atoms with Crippen molar-refractivity contribution < 1.29 is 13.9 Å². The summed E-state index contributed by atoms with van der Waals surface area (Å²) in [7, 11) is 0. The smallest absolute Gasteiger partial charge is 0.225 e. The van der Waals surface area contributed by atoms with Crippen molar-refractivity contribution in [2.45, 2.75) is 24.8 Å². The molecule has 0 radical (unpaired) electrons. The standard InChI is InChI=1S/C17H17ClFNO2S/c18-13-3-1-4-14(19)12(13)11-16(21)20-17(6-8-22-9-7-17)15-5-2-10-23-15/h1-5,10H,6-9,11H2,(H,20,21). The van der Waals surface area contributed by atoms with E-state index in [0.29, 0.717) is 26.1 Å². The predicted molar refractivity (Wildman–Crippen MR) is 89.3 cm³/mol. The van der Waals surface area contributed by atoms with Gasteiger partial charge in [-0.1, -0.05) is 23.7 Å². The summed E-state index contributed by atoms with van der Waals surface area (Å²) >= 11 is 7.63. The molecule has 0 aliphatic carbocycles. The van der Waals surface area contributed by atoms with E-state index in [1.165, 1.54) is 12.1 Å². The first-order chi connectivity index (χ1) is 11.1. The maximum atomic E-state index is 13.9. The summed E-state index contributed by atoms with van der Waals surface area (Å²) in [4.78, 5) is 13.6. The molecule has 0 bridgehead atoms. The highest BCUT2D eigenvalue weighted by molar-refractivity contribution is 7.10. The average molecular weight is 354 g/mol. The average Bonchev–Trinajstić information content (AvgIpc) is 3.07. The maximum Gasteiger partial charge on any atom is 0.225 e. The third-order valence-electron chi connectivity index (χ3n) is 4.12. The Kier molecular flexibility index (Phi) is 4.99. The fraction of sp³-hybridized carbons (Fsp3) is 0.353. The molecule has 0 atom stereocenters. The molecule has 122 valence electrons. The Labute approximate surface area is 143 Å². The van der Waals surface area contributed by atoms with E-state index in [1.54, 1.807) is 17.4 Å². The van der Waals surface area contributed by atoms with Gasteiger partial charge in [-0.25, -0.2) is 4.39 Å². The molecule has 0 unspecified atom stereocenters. The van der Waals surface area contributed by atoms with Crippen molar-refractivity contribution >= 4 is 28.8 Å². The third-order valence-corrected chi connectivity index (χ3v) is 5.54. The molecule has 1 aliphatic heterocycles. The topological polar surface area (TPSA) is 38.3 Å². The lowest BCUT2D eigenvalue weighted by molar-refractivity contribution is -0.123. The predicted octanol–water partition coefficient (Wildman–Crippen LogP) is 3.91. The molecule has 1 aliphatic rings. The molecule has 1 aromatic carbocycles. The molecule has 6 heteroatoms. The van der Waals surface area contributed by atoms with Crippen LogP contribution < -0.4 is 5.32 Å². The summed E-state index contributed by atoms with van der Waals surface area (Å²) in [5, 5.41) is 5.37. The van der Waals surface area contributed by atoms with Crippen LogP contribution in [-0.2, 0) is 21.5 Å². The normalized spacial score (nSPS) is 17.0. The molecule has 1 fully saturated rings. The first kappa shape index (κ1) is 16.4. The van der Waals surface area contributed by atoms with Gasteiger partial charge in [0.15, 0.2) is 0 Å². The van der Waals surface area contributed by atoms with Gasteiger partial charge in [-0.15, -0.1) is 11.3 Å². The van der Waals surface area contributed by atoms with Gasteiger partial charge in [-0.2, -0.15) is 0 Å². The van der Waals surface area contributed by atoms with Crippen molar-refractivity contribution in [3.8, 4) is 0 Å². The first-order valence-electron chi connectivity index (χ1n) is 7.46. The lowest BCUT2D eigenvalue weighted by Crippen LogP contribution is -2.49. The van der Waals surface area contributed by atoms with E-state index in [9.17, 15) is 9.18 Å². The Balaban J connectivity index is 1.79. The van der Waals surface area contributed by atoms with Crippen molar-refractivity contribution in [1.82, 2.24) is 5.32 Å². The van der Waals surface area contributed by atoms with E-state index < -0.39 is 11.4 Å². The quantitative estimate of drug-likeness (QED) is 0.905. The fourth-order valence-corrected chi connectivity index (χ4v) is 4.05. The summed E-state index contributed by atoms with van der Waals surface area (Å²) in [6.45, 7) is 1.19. The monoisotopic (exact) mass is 353 g/mol. The number of halogens is 2. The highest BCUT2D eigenvalue weighted by Crippen LogP contribution is 2.35. The van der Waals surface area contributed by atoms with Crippen molar-refractivity contribution in [1.29, 1.82) is 0 Å². The number of benzene rings is 1.